The van der Waals surface area contributed by atoms with Gasteiger partial charge in [0.25, 0.3) is 5.91 Å². The molecule has 7 heteroatoms. The van der Waals surface area contributed by atoms with Crippen LogP contribution in [0.15, 0.2) is 60.7 Å². The number of nitrogens with zero attached hydrogens (tertiary/aromatic N) is 1. The molecule has 1 aliphatic heterocycles. The summed E-state index contributed by atoms with van der Waals surface area (Å²) in [6, 6.07) is 15.9. The Kier molecular flexibility index (Phi) is 5.81. The number of hydrogen-bond donors (Lipinski definition) is 1. The number of carbonyl (C=O) groups is 2. The molecule has 1 aliphatic rings. The molecule has 1 heterocycles. The molecule has 4 rings (SSSR count). The third kappa shape index (κ3) is 4.01. The van der Waals surface area contributed by atoms with E-state index in [4.69, 9.17) is 9.47 Å². The number of amides is 2. The Morgan fingerprint density at radius 3 is 2.47 bits per heavy atom. The van der Waals surface area contributed by atoms with Crippen LogP contribution < -0.4 is 14.8 Å². The van der Waals surface area contributed by atoms with Gasteiger partial charge in [-0.05, 0) is 42.8 Å². The molecule has 0 radical (unpaired) electrons. The van der Waals surface area contributed by atoms with E-state index < -0.39 is 6.04 Å². The predicted molar refractivity (Wildman–Crippen MR) is 119 cm³/mol. The predicted octanol–water partition coefficient (Wildman–Crippen LogP) is 4.34. The van der Waals surface area contributed by atoms with E-state index in [9.17, 15) is 14.0 Å². The van der Waals surface area contributed by atoms with Crippen LogP contribution in [0.1, 0.15) is 33.1 Å². The van der Waals surface area contributed by atoms with Crippen molar-refractivity contribution in [3.63, 3.8) is 0 Å². The van der Waals surface area contributed by atoms with Gasteiger partial charge in [0.1, 0.15) is 23.9 Å². The Morgan fingerprint density at radius 2 is 1.78 bits per heavy atom. The average Bonchev–Trinajstić information content (AvgIpc) is 2.94. The van der Waals surface area contributed by atoms with E-state index >= 15 is 0 Å². The van der Waals surface area contributed by atoms with Gasteiger partial charge in [0.05, 0.1) is 25.8 Å². The highest BCUT2D eigenvalue weighted by Gasteiger charge is 2.35. The first-order valence-corrected chi connectivity index (χ1v) is 10.1. The lowest BCUT2D eigenvalue weighted by molar-refractivity contribution is -0.117. The molecule has 3 aromatic rings. The van der Waals surface area contributed by atoms with Crippen LogP contribution in [-0.2, 0) is 4.79 Å². The van der Waals surface area contributed by atoms with Crippen molar-refractivity contribution in [2.24, 2.45) is 0 Å². The minimum absolute atomic E-state index is 0.177. The molecule has 0 aliphatic carbocycles. The second-order valence-electron chi connectivity index (χ2n) is 7.59. The number of hydrogen-bond acceptors (Lipinski definition) is 4. The van der Waals surface area contributed by atoms with Gasteiger partial charge in [-0.2, -0.15) is 0 Å². The van der Waals surface area contributed by atoms with Crippen LogP contribution >= 0.6 is 0 Å². The molecular weight excluding hydrogens is 411 g/mol. The molecule has 0 fully saturated rings. The largest absolute Gasteiger partial charge is 0.497 e. The quantitative estimate of drug-likeness (QED) is 0.664. The van der Waals surface area contributed by atoms with Gasteiger partial charge in [-0.1, -0.05) is 29.8 Å². The second kappa shape index (κ2) is 8.70. The summed E-state index contributed by atoms with van der Waals surface area (Å²) in [6.07, 6.45) is 0. The first kappa shape index (κ1) is 21.4. The van der Waals surface area contributed by atoms with Gasteiger partial charge in [0, 0.05) is 17.3 Å². The zero-order valence-electron chi connectivity index (χ0n) is 18.0. The van der Waals surface area contributed by atoms with Crippen LogP contribution in [-0.4, -0.2) is 37.5 Å². The molecule has 0 bridgehead atoms. The standard InChI is InChI=1S/C25H23FN2O4/c1-15-4-11-21-20(12-15)24(16-5-7-17(26)8-6-16)28(14-23(29)27-21)25(30)19-10-9-18(31-2)13-22(19)32-3/h4-13,24H,14H2,1-3H3,(H,27,29)/t24-/m0/s1. The van der Waals surface area contributed by atoms with Crippen LogP contribution in [0.2, 0.25) is 0 Å². The number of halogens is 1. The van der Waals surface area contributed by atoms with E-state index in [2.05, 4.69) is 5.32 Å². The van der Waals surface area contributed by atoms with Gasteiger partial charge in [0.15, 0.2) is 0 Å². The van der Waals surface area contributed by atoms with E-state index in [1.165, 1.54) is 31.3 Å². The van der Waals surface area contributed by atoms with Crippen LogP contribution in [0, 0.1) is 12.7 Å². The van der Waals surface area contributed by atoms with Crippen LogP contribution in [0.5, 0.6) is 11.5 Å². The fourth-order valence-corrected chi connectivity index (χ4v) is 3.95. The van der Waals surface area contributed by atoms with Crippen LogP contribution in [0.3, 0.4) is 0 Å². The van der Waals surface area contributed by atoms with Crippen molar-refractivity contribution in [2.45, 2.75) is 13.0 Å². The highest BCUT2D eigenvalue weighted by molar-refractivity contribution is 6.03. The minimum atomic E-state index is -0.608. The molecule has 1 atom stereocenters. The SMILES string of the molecule is COc1ccc(C(=O)N2CC(=O)Nc3ccc(C)cc3[C@@H]2c2ccc(F)cc2)c(OC)c1. The molecule has 0 saturated heterocycles. The van der Waals surface area contributed by atoms with E-state index in [0.717, 1.165) is 11.1 Å². The summed E-state index contributed by atoms with van der Waals surface area (Å²) < 4.78 is 24.3. The Hall–Kier alpha value is -3.87. The zero-order chi connectivity index (χ0) is 22.8. The third-order valence-corrected chi connectivity index (χ3v) is 5.49. The molecule has 2 amide bonds. The number of benzene rings is 3. The first-order valence-electron chi connectivity index (χ1n) is 10.1. The smallest absolute Gasteiger partial charge is 0.258 e. The van der Waals surface area contributed by atoms with Crippen molar-refractivity contribution in [3.8, 4) is 11.5 Å². The second-order valence-corrected chi connectivity index (χ2v) is 7.59. The zero-order valence-corrected chi connectivity index (χ0v) is 18.0. The number of rotatable bonds is 4. The molecule has 164 valence electrons. The van der Waals surface area contributed by atoms with Crippen molar-refractivity contribution >= 4 is 17.5 Å². The Balaban J connectivity index is 1.89. The lowest BCUT2D eigenvalue weighted by Gasteiger charge is -2.31. The third-order valence-electron chi connectivity index (χ3n) is 5.49. The van der Waals surface area contributed by atoms with Crippen LogP contribution in [0.4, 0.5) is 10.1 Å². The van der Waals surface area contributed by atoms with Crippen molar-refractivity contribution in [1.82, 2.24) is 4.90 Å². The van der Waals surface area contributed by atoms with Gasteiger partial charge in [-0.3, -0.25) is 9.59 Å². The lowest BCUT2D eigenvalue weighted by Crippen LogP contribution is -2.39. The summed E-state index contributed by atoms with van der Waals surface area (Å²) in [5.74, 6) is -0.205. The summed E-state index contributed by atoms with van der Waals surface area (Å²) in [7, 11) is 3.00. The molecule has 32 heavy (non-hydrogen) atoms. The number of ether oxygens (including phenoxy) is 2. The molecule has 3 aromatic carbocycles. The van der Waals surface area contributed by atoms with Gasteiger partial charge in [-0.25, -0.2) is 4.39 Å². The fraction of sp³-hybridized carbons (Fsp3) is 0.200. The normalized spacial score (nSPS) is 15.4. The highest BCUT2D eigenvalue weighted by Crippen LogP contribution is 2.38. The van der Waals surface area contributed by atoms with Gasteiger partial charge in [0.2, 0.25) is 5.91 Å². The summed E-state index contributed by atoms with van der Waals surface area (Å²) in [5, 5.41) is 2.89. The molecule has 0 saturated carbocycles. The maximum absolute atomic E-state index is 13.8. The van der Waals surface area contributed by atoms with Gasteiger partial charge >= 0.3 is 0 Å². The lowest BCUT2D eigenvalue weighted by atomic mass is 9.94. The topological polar surface area (TPSA) is 67.9 Å². The van der Waals surface area contributed by atoms with Gasteiger partial charge in [-0.15, -0.1) is 0 Å². The average molecular weight is 434 g/mol. The summed E-state index contributed by atoms with van der Waals surface area (Å²) in [5.41, 5.74) is 3.33. The maximum Gasteiger partial charge on any atom is 0.258 e. The summed E-state index contributed by atoms with van der Waals surface area (Å²) in [4.78, 5) is 28.0. The summed E-state index contributed by atoms with van der Waals surface area (Å²) >= 11 is 0. The number of nitrogens with one attached hydrogen (secondary N) is 1. The highest BCUT2D eigenvalue weighted by atomic mass is 19.1. The van der Waals surface area contributed by atoms with Gasteiger partial charge < -0.3 is 19.7 Å². The number of fused-ring (bicyclic) bond motifs is 1. The van der Waals surface area contributed by atoms with Crippen molar-refractivity contribution < 1.29 is 23.5 Å². The summed E-state index contributed by atoms with van der Waals surface area (Å²) in [6.45, 7) is 1.76. The van der Waals surface area contributed by atoms with E-state index in [1.807, 2.05) is 25.1 Å². The number of methoxy groups -OCH3 is 2. The Bertz CT molecular complexity index is 1180. The number of carbonyl (C=O) groups excluding carboxylic acids is 2. The van der Waals surface area contributed by atoms with Crippen molar-refractivity contribution in [1.29, 1.82) is 0 Å². The van der Waals surface area contributed by atoms with Crippen molar-refractivity contribution in [2.75, 3.05) is 26.1 Å². The molecule has 0 unspecified atom stereocenters. The molecule has 0 spiro atoms. The molecule has 6 nitrogen and oxygen atoms in total. The monoisotopic (exact) mass is 434 g/mol. The molecule has 1 N–H and O–H groups in total. The minimum Gasteiger partial charge on any atom is -0.497 e. The van der Waals surface area contributed by atoms with Crippen molar-refractivity contribution in [3.05, 3.63) is 88.7 Å². The molecular formula is C25H23FN2O4. The van der Waals surface area contributed by atoms with Crippen LogP contribution in [0.25, 0.3) is 0 Å². The number of aryl methyl sites for hydroxylation is 1. The van der Waals surface area contributed by atoms with E-state index in [-0.39, 0.29) is 24.2 Å². The van der Waals surface area contributed by atoms with E-state index in [1.54, 1.807) is 30.3 Å². The molecule has 0 aromatic heterocycles. The Labute approximate surface area is 185 Å². The fourth-order valence-electron chi connectivity index (χ4n) is 3.95. The first-order chi connectivity index (χ1) is 15.4. The Morgan fingerprint density at radius 1 is 1.03 bits per heavy atom. The number of anilines is 1. The maximum atomic E-state index is 13.8. The van der Waals surface area contributed by atoms with E-state index in [0.29, 0.717) is 28.3 Å².